The molecule has 1 aliphatic heterocycles. The Hall–Kier alpha value is -0.840. The van der Waals surface area contributed by atoms with Crippen LogP contribution >= 0.6 is 24.0 Å². The topological polar surface area (TPSA) is 32.3 Å². The first kappa shape index (κ1) is 18.2. The summed E-state index contributed by atoms with van der Waals surface area (Å²) in [6, 6.07) is 4.73. The van der Waals surface area contributed by atoms with E-state index < -0.39 is 5.82 Å². The molecule has 0 aromatic heterocycles. The molecule has 0 bridgehead atoms. The van der Waals surface area contributed by atoms with Gasteiger partial charge in [-0.25, -0.2) is 4.39 Å². The fraction of sp³-hybridized carbons (Fsp3) is 0.533. The second-order valence-corrected chi connectivity index (χ2v) is 5.52. The highest BCUT2D eigenvalue weighted by atomic mass is 35.5. The zero-order valence-electron chi connectivity index (χ0n) is 12.1. The van der Waals surface area contributed by atoms with Crippen LogP contribution in [0.3, 0.4) is 0 Å². The molecule has 0 radical (unpaired) electrons. The fourth-order valence-electron chi connectivity index (χ4n) is 2.61. The maximum Gasteiger partial charge on any atom is 0.227 e. The second-order valence-electron chi connectivity index (χ2n) is 5.11. The smallest absolute Gasteiger partial charge is 0.227 e. The molecular formula is C15H21Cl2FN2O. The summed E-state index contributed by atoms with van der Waals surface area (Å²) >= 11 is 5.99. The summed E-state index contributed by atoms with van der Waals surface area (Å²) in [6.45, 7) is 4.49. The van der Waals surface area contributed by atoms with E-state index in [1.54, 1.807) is 12.1 Å². The van der Waals surface area contributed by atoms with Crippen LogP contribution in [0.2, 0.25) is 5.02 Å². The van der Waals surface area contributed by atoms with Crippen LogP contribution in [0.4, 0.5) is 4.39 Å². The first-order valence-corrected chi connectivity index (χ1v) is 7.44. The van der Waals surface area contributed by atoms with Crippen molar-refractivity contribution in [1.82, 2.24) is 10.2 Å². The summed E-state index contributed by atoms with van der Waals surface area (Å²) in [6.07, 6.45) is 1.88. The Bertz CT molecular complexity index is 458. The van der Waals surface area contributed by atoms with Crippen LogP contribution in [0.5, 0.6) is 0 Å². The quantitative estimate of drug-likeness (QED) is 0.897. The fourth-order valence-corrected chi connectivity index (χ4v) is 2.84. The van der Waals surface area contributed by atoms with E-state index in [9.17, 15) is 9.18 Å². The van der Waals surface area contributed by atoms with Gasteiger partial charge < -0.3 is 10.2 Å². The highest BCUT2D eigenvalue weighted by Crippen LogP contribution is 2.21. The van der Waals surface area contributed by atoms with Crippen LogP contribution in [-0.4, -0.2) is 36.5 Å². The van der Waals surface area contributed by atoms with Gasteiger partial charge in [-0.2, -0.15) is 0 Å². The molecule has 1 amide bonds. The Morgan fingerprint density at radius 1 is 1.52 bits per heavy atom. The van der Waals surface area contributed by atoms with Crippen LogP contribution in [0.1, 0.15) is 25.3 Å². The normalized spacial score (nSPS) is 17.4. The van der Waals surface area contributed by atoms with Gasteiger partial charge >= 0.3 is 0 Å². The summed E-state index contributed by atoms with van der Waals surface area (Å²) in [5, 5.41) is 3.58. The van der Waals surface area contributed by atoms with E-state index in [0.717, 1.165) is 25.9 Å². The maximum atomic E-state index is 13.8. The van der Waals surface area contributed by atoms with E-state index in [2.05, 4.69) is 5.32 Å². The van der Waals surface area contributed by atoms with Crippen molar-refractivity contribution < 1.29 is 9.18 Å². The van der Waals surface area contributed by atoms with Crippen LogP contribution in [-0.2, 0) is 11.2 Å². The Morgan fingerprint density at radius 3 is 2.86 bits per heavy atom. The van der Waals surface area contributed by atoms with Crippen molar-refractivity contribution in [3.63, 3.8) is 0 Å². The van der Waals surface area contributed by atoms with Gasteiger partial charge in [0, 0.05) is 29.7 Å². The van der Waals surface area contributed by atoms with Gasteiger partial charge in [0.25, 0.3) is 0 Å². The molecule has 0 spiro atoms. The lowest BCUT2D eigenvalue weighted by Gasteiger charge is -2.28. The van der Waals surface area contributed by atoms with Gasteiger partial charge in [-0.1, -0.05) is 24.6 Å². The molecule has 6 heteroatoms. The van der Waals surface area contributed by atoms with Crippen molar-refractivity contribution in [2.24, 2.45) is 0 Å². The summed E-state index contributed by atoms with van der Waals surface area (Å²) in [4.78, 5) is 14.3. The van der Waals surface area contributed by atoms with Gasteiger partial charge in [-0.15, -0.1) is 12.4 Å². The van der Waals surface area contributed by atoms with Crippen molar-refractivity contribution >= 4 is 29.9 Å². The largest absolute Gasteiger partial charge is 0.338 e. The van der Waals surface area contributed by atoms with Crippen molar-refractivity contribution in [2.75, 3.05) is 19.6 Å². The molecule has 1 unspecified atom stereocenters. The van der Waals surface area contributed by atoms with Crippen LogP contribution in [0.15, 0.2) is 18.2 Å². The first-order valence-electron chi connectivity index (χ1n) is 7.06. The molecule has 1 atom stereocenters. The third-order valence-electron chi connectivity index (χ3n) is 3.65. The average molecular weight is 335 g/mol. The van der Waals surface area contributed by atoms with Crippen LogP contribution < -0.4 is 5.32 Å². The Labute approximate surface area is 136 Å². The summed E-state index contributed by atoms with van der Waals surface area (Å²) in [5.74, 6) is -0.459. The molecule has 0 aliphatic carbocycles. The first-order chi connectivity index (χ1) is 9.63. The Morgan fingerprint density at radius 2 is 2.29 bits per heavy atom. The van der Waals surface area contributed by atoms with E-state index in [1.807, 2.05) is 11.8 Å². The number of carbonyl (C=O) groups excluding carboxylic acids is 1. The molecule has 3 nitrogen and oxygen atoms in total. The molecule has 1 N–H and O–H groups in total. The number of nitrogens with zero attached hydrogens (tertiary/aromatic N) is 1. The summed E-state index contributed by atoms with van der Waals surface area (Å²) < 4.78 is 13.8. The van der Waals surface area contributed by atoms with E-state index in [-0.39, 0.29) is 30.8 Å². The van der Waals surface area contributed by atoms with Gasteiger partial charge in [0.2, 0.25) is 5.91 Å². The number of hydrogen-bond acceptors (Lipinski definition) is 2. The monoisotopic (exact) mass is 334 g/mol. The molecule has 1 aliphatic rings. The standard InChI is InChI=1S/C15H20ClFN2O.ClH/c1-2-8-19(11-6-7-18-10-11)15(20)9-12-13(16)4-3-5-14(12)17;/h3-5,11,18H,2,6-10H2,1H3;1H. The van der Waals surface area contributed by atoms with Crippen molar-refractivity contribution in [3.05, 3.63) is 34.6 Å². The lowest BCUT2D eigenvalue weighted by Crippen LogP contribution is -2.43. The Balaban J connectivity index is 0.00000220. The summed E-state index contributed by atoms with van der Waals surface area (Å²) in [5.41, 5.74) is 0.297. The van der Waals surface area contributed by atoms with E-state index in [4.69, 9.17) is 11.6 Å². The molecular weight excluding hydrogens is 314 g/mol. The highest BCUT2D eigenvalue weighted by molar-refractivity contribution is 6.31. The van der Waals surface area contributed by atoms with Gasteiger partial charge in [0.15, 0.2) is 0 Å². The number of nitrogens with one attached hydrogen (secondary N) is 1. The summed E-state index contributed by atoms with van der Waals surface area (Å²) in [7, 11) is 0. The molecule has 1 saturated heterocycles. The minimum atomic E-state index is -0.410. The average Bonchev–Trinajstić information content (AvgIpc) is 2.94. The van der Waals surface area contributed by atoms with E-state index in [0.29, 0.717) is 17.1 Å². The minimum absolute atomic E-state index is 0. The molecule has 0 saturated carbocycles. The number of hydrogen-bond donors (Lipinski definition) is 1. The van der Waals surface area contributed by atoms with Crippen molar-refractivity contribution in [1.29, 1.82) is 0 Å². The molecule has 21 heavy (non-hydrogen) atoms. The van der Waals surface area contributed by atoms with Crippen LogP contribution in [0.25, 0.3) is 0 Å². The van der Waals surface area contributed by atoms with Gasteiger partial charge in [-0.3, -0.25) is 4.79 Å². The number of amides is 1. The van der Waals surface area contributed by atoms with Crippen molar-refractivity contribution in [3.8, 4) is 0 Å². The van der Waals surface area contributed by atoms with Gasteiger partial charge in [0.1, 0.15) is 5.82 Å². The van der Waals surface area contributed by atoms with Gasteiger partial charge in [-0.05, 0) is 31.5 Å². The van der Waals surface area contributed by atoms with Gasteiger partial charge in [0.05, 0.1) is 6.42 Å². The number of rotatable bonds is 5. The van der Waals surface area contributed by atoms with Crippen LogP contribution in [0, 0.1) is 5.82 Å². The lowest BCUT2D eigenvalue weighted by molar-refractivity contribution is -0.132. The zero-order chi connectivity index (χ0) is 14.5. The minimum Gasteiger partial charge on any atom is -0.338 e. The predicted molar refractivity (Wildman–Crippen MR) is 85.6 cm³/mol. The Kier molecular flexibility index (Phi) is 7.43. The molecule has 2 rings (SSSR count). The zero-order valence-corrected chi connectivity index (χ0v) is 13.6. The second kappa shape index (κ2) is 8.57. The molecule has 118 valence electrons. The SMILES string of the molecule is CCCN(C(=O)Cc1c(F)cccc1Cl)C1CCNC1.Cl. The van der Waals surface area contributed by atoms with E-state index in [1.165, 1.54) is 6.07 Å². The van der Waals surface area contributed by atoms with E-state index >= 15 is 0 Å². The lowest BCUT2D eigenvalue weighted by atomic mass is 10.1. The molecule has 1 heterocycles. The highest BCUT2D eigenvalue weighted by Gasteiger charge is 2.26. The number of halogens is 3. The molecule has 1 fully saturated rings. The number of carbonyl (C=O) groups is 1. The maximum absolute atomic E-state index is 13.8. The third kappa shape index (κ3) is 4.56. The third-order valence-corrected chi connectivity index (χ3v) is 4.00. The molecule has 1 aromatic carbocycles. The van der Waals surface area contributed by atoms with Crippen molar-refractivity contribution in [2.45, 2.75) is 32.2 Å². The molecule has 1 aromatic rings. The number of benzene rings is 1. The predicted octanol–water partition coefficient (Wildman–Crippen LogP) is 3.04.